The Kier molecular flexibility index (Phi) is 9.01. The van der Waals surface area contributed by atoms with Crippen LogP contribution in [0.25, 0.3) is 11.0 Å². The number of nitriles is 2. The van der Waals surface area contributed by atoms with Crippen LogP contribution in [0.4, 0.5) is 13.2 Å². The van der Waals surface area contributed by atoms with E-state index >= 15 is 4.39 Å². The molecule has 1 aliphatic rings. The highest BCUT2D eigenvalue weighted by Crippen LogP contribution is 2.50. The third-order valence-corrected chi connectivity index (χ3v) is 7.85. The van der Waals surface area contributed by atoms with Crippen LogP contribution in [-0.4, -0.2) is 39.4 Å². The molecule has 232 valence electrons. The van der Waals surface area contributed by atoms with Gasteiger partial charge in [0.05, 0.1) is 34.5 Å². The van der Waals surface area contributed by atoms with Crippen molar-refractivity contribution in [1.29, 1.82) is 10.5 Å². The maximum Gasteiger partial charge on any atom is 0.335 e. The van der Waals surface area contributed by atoms with E-state index in [-0.39, 0.29) is 64.4 Å². The average molecular weight is 625 g/mol. The summed E-state index contributed by atoms with van der Waals surface area (Å²) in [4.78, 5) is 24.3. The van der Waals surface area contributed by atoms with Crippen molar-refractivity contribution in [2.24, 2.45) is 15.4 Å². The number of halogens is 3. The molecule has 46 heavy (non-hydrogen) atoms. The summed E-state index contributed by atoms with van der Waals surface area (Å²) >= 11 is 0. The first kappa shape index (κ1) is 31.7. The number of aromatic carboxylic acids is 1. The van der Waals surface area contributed by atoms with Gasteiger partial charge in [-0.15, -0.1) is 0 Å². The minimum atomic E-state index is -1.28. The standard InChI is InChI=1S/C34H27F3N6O3/c1-3-28(41-33(40-2)46-18-22-6-4-21(17-39)13-25(22)35)24-7-5-20(12-26(24)36)14-30-42-31-27(37)15-23(32(44)45)16-29(31)43(30)19-34(8-9-34)10-11-38/h3-7,12-13,15-16H,1,8-10,14,18-19H2,2H3,(H,44,45). The summed E-state index contributed by atoms with van der Waals surface area (Å²) in [5.41, 5.74) is 0.787. The number of allylic oxidation sites excluding steroid dienone is 1. The number of ether oxygens (including phenoxy) is 1. The highest BCUT2D eigenvalue weighted by molar-refractivity contribution is 6.12. The Bertz CT molecular complexity index is 2010. The molecule has 1 aliphatic carbocycles. The van der Waals surface area contributed by atoms with Gasteiger partial charge in [0.2, 0.25) is 0 Å². The zero-order chi connectivity index (χ0) is 33.0. The number of aromatic nitrogens is 2. The highest BCUT2D eigenvalue weighted by atomic mass is 19.1. The van der Waals surface area contributed by atoms with Crippen LogP contribution in [0, 0.1) is 45.5 Å². The topological polar surface area (TPSA) is 137 Å². The molecular weight excluding hydrogens is 597 g/mol. The second-order valence-corrected chi connectivity index (χ2v) is 11.0. The molecule has 1 fully saturated rings. The molecule has 4 aromatic rings. The molecule has 0 aliphatic heterocycles. The number of carboxylic acid groups (broad SMARTS) is 1. The van der Waals surface area contributed by atoms with Crippen LogP contribution in [0.15, 0.2) is 71.2 Å². The summed E-state index contributed by atoms with van der Waals surface area (Å²) in [7, 11) is 1.41. The lowest BCUT2D eigenvalue weighted by molar-refractivity contribution is 0.0696. The monoisotopic (exact) mass is 624 g/mol. The van der Waals surface area contributed by atoms with Crippen molar-refractivity contribution >= 4 is 28.7 Å². The van der Waals surface area contributed by atoms with Gasteiger partial charge >= 0.3 is 12.0 Å². The van der Waals surface area contributed by atoms with Crippen LogP contribution >= 0.6 is 0 Å². The molecule has 1 N–H and O–H groups in total. The van der Waals surface area contributed by atoms with E-state index in [2.05, 4.69) is 27.6 Å². The third kappa shape index (κ3) is 6.66. The van der Waals surface area contributed by atoms with Crippen LogP contribution < -0.4 is 0 Å². The first-order valence-electron chi connectivity index (χ1n) is 14.2. The molecule has 1 aromatic heterocycles. The first-order chi connectivity index (χ1) is 22.1. The Labute approximate surface area is 262 Å². The van der Waals surface area contributed by atoms with Gasteiger partial charge in [-0.1, -0.05) is 18.7 Å². The minimum absolute atomic E-state index is 0.00167. The maximum atomic E-state index is 15.5. The number of benzene rings is 3. The van der Waals surface area contributed by atoms with E-state index in [0.29, 0.717) is 23.4 Å². The van der Waals surface area contributed by atoms with Crippen molar-refractivity contribution in [2.75, 3.05) is 7.05 Å². The lowest BCUT2D eigenvalue weighted by atomic mass is 10.0. The Morgan fingerprint density at radius 3 is 2.52 bits per heavy atom. The second-order valence-electron chi connectivity index (χ2n) is 11.0. The van der Waals surface area contributed by atoms with Gasteiger partial charge in [0.1, 0.15) is 29.6 Å². The van der Waals surface area contributed by atoms with Crippen LogP contribution in [0.1, 0.15) is 57.7 Å². The Hall–Kier alpha value is -5.75. The van der Waals surface area contributed by atoms with Crippen molar-refractivity contribution in [2.45, 2.75) is 38.8 Å². The molecule has 0 bridgehead atoms. The summed E-state index contributed by atoms with van der Waals surface area (Å²) in [6.45, 7) is 3.82. The third-order valence-electron chi connectivity index (χ3n) is 7.85. The van der Waals surface area contributed by atoms with Gasteiger partial charge in [-0.05, 0) is 60.9 Å². The fourth-order valence-corrected chi connectivity index (χ4v) is 5.14. The van der Waals surface area contributed by atoms with Gasteiger partial charge in [0.15, 0.2) is 5.82 Å². The van der Waals surface area contributed by atoms with Crippen molar-refractivity contribution in [3.8, 4) is 12.1 Å². The van der Waals surface area contributed by atoms with Crippen molar-refractivity contribution in [1.82, 2.24) is 9.55 Å². The lowest BCUT2D eigenvalue weighted by Crippen LogP contribution is -2.15. The molecule has 5 rings (SSSR count). The van der Waals surface area contributed by atoms with Gasteiger partial charge in [-0.2, -0.15) is 15.5 Å². The number of hydrogen-bond donors (Lipinski definition) is 1. The fourth-order valence-electron chi connectivity index (χ4n) is 5.14. The summed E-state index contributed by atoms with van der Waals surface area (Å²) < 4.78 is 52.1. The minimum Gasteiger partial charge on any atom is -0.478 e. The van der Waals surface area contributed by atoms with Crippen LogP contribution in [0.2, 0.25) is 0 Å². The molecule has 1 heterocycles. The zero-order valence-corrected chi connectivity index (χ0v) is 24.7. The van der Waals surface area contributed by atoms with Gasteiger partial charge in [0.25, 0.3) is 0 Å². The number of imidazole rings is 1. The number of amidine groups is 1. The van der Waals surface area contributed by atoms with Gasteiger partial charge in [-0.25, -0.2) is 27.9 Å². The summed E-state index contributed by atoms with van der Waals surface area (Å²) in [6.07, 6.45) is 3.29. The SMILES string of the molecule is C=CC(=NC(=NC)OCc1ccc(C#N)cc1F)c1ccc(Cc2nc3c(F)cc(C(=O)O)cc3n2CC2(CC#N)CC2)cc1F. The number of hydrogen-bond acceptors (Lipinski definition) is 6. The highest BCUT2D eigenvalue weighted by Gasteiger charge is 2.43. The van der Waals surface area contributed by atoms with E-state index < -0.39 is 23.4 Å². The van der Waals surface area contributed by atoms with Gasteiger partial charge in [0, 0.05) is 43.0 Å². The molecule has 0 radical (unpaired) electrons. The fraction of sp³-hybridized carbons (Fsp3) is 0.235. The van der Waals surface area contributed by atoms with E-state index in [9.17, 15) is 23.9 Å². The summed E-state index contributed by atoms with van der Waals surface area (Å²) in [5.74, 6) is -2.94. The number of carbonyl (C=O) groups is 1. The quantitative estimate of drug-likeness (QED) is 0.158. The molecule has 12 heteroatoms. The van der Waals surface area contributed by atoms with Crippen LogP contribution in [0.3, 0.4) is 0 Å². The Morgan fingerprint density at radius 2 is 1.91 bits per heavy atom. The molecule has 0 unspecified atom stereocenters. The maximum absolute atomic E-state index is 15.5. The van der Waals surface area contributed by atoms with Crippen molar-refractivity contribution in [3.63, 3.8) is 0 Å². The van der Waals surface area contributed by atoms with Crippen molar-refractivity contribution in [3.05, 3.63) is 112 Å². The summed E-state index contributed by atoms with van der Waals surface area (Å²) in [5, 5.41) is 27.8. The van der Waals surface area contributed by atoms with E-state index in [1.807, 2.05) is 6.07 Å². The zero-order valence-electron chi connectivity index (χ0n) is 24.7. The first-order valence-corrected chi connectivity index (χ1v) is 14.2. The number of carboxylic acids is 1. The second kappa shape index (κ2) is 13.1. The van der Waals surface area contributed by atoms with Crippen LogP contribution in [-0.2, 0) is 24.3 Å². The van der Waals surface area contributed by atoms with Crippen molar-refractivity contribution < 1.29 is 27.8 Å². The summed E-state index contributed by atoms with van der Waals surface area (Å²) in [6, 6.07) is 14.6. The molecule has 3 aromatic carbocycles. The molecule has 0 amide bonds. The van der Waals surface area contributed by atoms with E-state index in [4.69, 9.17) is 10.00 Å². The Morgan fingerprint density at radius 1 is 1.13 bits per heavy atom. The largest absolute Gasteiger partial charge is 0.478 e. The molecular formula is C34H27F3N6O3. The molecule has 9 nitrogen and oxygen atoms in total. The average Bonchev–Trinajstić information content (AvgIpc) is 3.71. The molecule has 0 saturated heterocycles. The number of nitrogens with zero attached hydrogens (tertiary/aromatic N) is 6. The molecule has 0 spiro atoms. The molecule has 1 saturated carbocycles. The Balaban J connectivity index is 1.42. The lowest BCUT2D eigenvalue weighted by Gasteiger charge is -2.16. The van der Waals surface area contributed by atoms with E-state index in [0.717, 1.165) is 25.0 Å². The normalized spacial score (nSPS) is 14.0. The van der Waals surface area contributed by atoms with E-state index in [1.54, 1.807) is 10.6 Å². The van der Waals surface area contributed by atoms with E-state index in [1.165, 1.54) is 43.5 Å². The smallest absolute Gasteiger partial charge is 0.335 e. The molecule has 0 atom stereocenters. The number of fused-ring (bicyclic) bond motifs is 1. The van der Waals surface area contributed by atoms with Gasteiger partial charge in [-0.3, -0.25) is 0 Å². The van der Waals surface area contributed by atoms with Gasteiger partial charge < -0.3 is 14.4 Å². The van der Waals surface area contributed by atoms with Crippen LogP contribution in [0.5, 0.6) is 0 Å². The predicted octanol–water partition coefficient (Wildman–Crippen LogP) is 6.49. The predicted molar refractivity (Wildman–Crippen MR) is 164 cm³/mol. The number of rotatable bonds is 10. The number of aliphatic imine (C=N–C) groups is 2.